The van der Waals surface area contributed by atoms with Crippen molar-refractivity contribution in [3.05, 3.63) is 64.2 Å². The minimum Gasteiger partial charge on any atom is -0.452 e. The van der Waals surface area contributed by atoms with Gasteiger partial charge in [0.25, 0.3) is 21.6 Å². The van der Waals surface area contributed by atoms with Gasteiger partial charge in [0.2, 0.25) is 0 Å². The first kappa shape index (κ1) is 20.8. The molecule has 1 N–H and O–H groups in total. The smallest absolute Gasteiger partial charge is 0.340 e. The number of ether oxygens (including phenoxy) is 1. The molecule has 11 heteroatoms. The number of hydrogen-bond donors (Lipinski definition) is 1. The van der Waals surface area contributed by atoms with E-state index in [-0.39, 0.29) is 16.1 Å². The van der Waals surface area contributed by atoms with Crippen molar-refractivity contribution >= 4 is 33.3 Å². The van der Waals surface area contributed by atoms with Gasteiger partial charge < -0.3 is 9.64 Å². The van der Waals surface area contributed by atoms with Gasteiger partial charge in [0.15, 0.2) is 6.61 Å². The van der Waals surface area contributed by atoms with Crippen LogP contribution in [0, 0.1) is 10.1 Å². The molecule has 0 aliphatic rings. The number of carbonyl (C=O) groups is 2. The molecule has 28 heavy (non-hydrogen) atoms. The van der Waals surface area contributed by atoms with Crippen molar-refractivity contribution in [3.63, 3.8) is 0 Å². The zero-order chi connectivity index (χ0) is 20.9. The Bertz CT molecular complexity index is 1020. The normalized spacial score (nSPS) is 10.8. The second-order valence-electron chi connectivity index (χ2n) is 5.77. The van der Waals surface area contributed by atoms with E-state index in [0.717, 1.165) is 12.1 Å². The van der Waals surface area contributed by atoms with Crippen molar-refractivity contribution in [1.82, 2.24) is 4.90 Å². The standard InChI is InChI=1S/C17H17N3O7S/c1-19(2)16(21)11-27-17(22)14-8-3-4-9-15(14)18-28(25,26)13-7-5-6-12(10-13)20(23)24/h3-10,18H,11H2,1-2H3. The molecule has 2 aromatic carbocycles. The van der Waals surface area contributed by atoms with Crippen LogP contribution >= 0.6 is 0 Å². The zero-order valence-corrected chi connectivity index (χ0v) is 15.8. The Hall–Kier alpha value is -3.47. The number of carbonyl (C=O) groups excluding carboxylic acids is 2. The maximum absolute atomic E-state index is 12.6. The lowest BCUT2D eigenvalue weighted by Crippen LogP contribution is -2.27. The fraction of sp³-hybridized carbons (Fsp3) is 0.176. The Morgan fingerprint density at radius 1 is 1.14 bits per heavy atom. The first-order valence-corrected chi connectivity index (χ1v) is 9.33. The number of sulfonamides is 1. The third-order valence-corrected chi connectivity index (χ3v) is 4.92. The number of para-hydroxylation sites is 1. The number of nitrogens with one attached hydrogen (secondary N) is 1. The van der Waals surface area contributed by atoms with Crippen molar-refractivity contribution in [3.8, 4) is 0 Å². The summed E-state index contributed by atoms with van der Waals surface area (Å²) in [6, 6.07) is 10.1. The molecular weight excluding hydrogens is 390 g/mol. The van der Waals surface area contributed by atoms with E-state index in [0.29, 0.717) is 0 Å². The highest BCUT2D eigenvalue weighted by atomic mass is 32.2. The van der Waals surface area contributed by atoms with Crippen molar-refractivity contribution in [2.24, 2.45) is 0 Å². The fourth-order valence-electron chi connectivity index (χ4n) is 2.05. The van der Waals surface area contributed by atoms with Gasteiger partial charge in [-0.05, 0) is 18.2 Å². The largest absolute Gasteiger partial charge is 0.452 e. The summed E-state index contributed by atoms with van der Waals surface area (Å²) in [5, 5.41) is 10.9. The maximum atomic E-state index is 12.6. The summed E-state index contributed by atoms with van der Waals surface area (Å²) in [4.78, 5) is 34.8. The van der Waals surface area contributed by atoms with E-state index in [1.165, 1.54) is 55.4 Å². The van der Waals surface area contributed by atoms with Crippen LogP contribution in [0.5, 0.6) is 0 Å². The molecule has 0 aliphatic carbocycles. The molecule has 0 fully saturated rings. The van der Waals surface area contributed by atoms with Gasteiger partial charge in [-0.2, -0.15) is 0 Å². The molecule has 0 aliphatic heterocycles. The van der Waals surface area contributed by atoms with E-state index in [9.17, 15) is 28.1 Å². The Labute approximate surface area is 160 Å². The number of likely N-dealkylation sites (N-methyl/N-ethyl adjacent to an activating group) is 1. The van der Waals surface area contributed by atoms with Crippen molar-refractivity contribution in [2.45, 2.75) is 4.90 Å². The topological polar surface area (TPSA) is 136 Å². The third-order valence-electron chi connectivity index (χ3n) is 3.56. The number of esters is 1. The average Bonchev–Trinajstić information content (AvgIpc) is 2.66. The number of rotatable bonds is 7. The maximum Gasteiger partial charge on any atom is 0.340 e. The molecular formula is C17H17N3O7S. The van der Waals surface area contributed by atoms with Crippen LogP contribution in [0.15, 0.2) is 53.4 Å². The Morgan fingerprint density at radius 3 is 2.46 bits per heavy atom. The number of nitro benzene ring substituents is 1. The van der Waals surface area contributed by atoms with Gasteiger partial charge in [-0.3, -0.25) is 19.6 Å². The Balaban J connectivity index is 2.27. The summed E-state index contributed by atoms with van der Waals surface area (Å²) >= 11 is 0. The molecule has 1 amide bonds. The molecule has 0 saturated carbocycles. The van der Waals surface area contributed by atoms with E-state index in [2.05, 4.69) is 4.72 Å². The molecule has 0 aromatic heterocycles. The number of nitrogens with zero attached hydrogens (tertiary/aromatic N) is 2. The van der Waals surface area contributed by atoms with Crippen LogP contribution in [0.25, 0.3) is 0 Å². The molecule has 0 heterocycles. The SMILES string of the molecule is CN(C)C(=O)COC(=O)c1ccccc1NS(=O)(=O)c1cccc([N+](=O)[O-])c1. The van der Waals surface area contributed by atoms with Crippen LogP contribution in [-0.4, -0.2) is 50.8 Å². The second kappa shape index (κ2) is 8.48. The van der Waals surface area contributed by atoms with Gasteiger partial charge in [-0.15, -0.1) is 0 Å². The molecule has 2 rings (SSSR count). The molecule has 0 radical (unpaired) electrons. The van der Waals surface area contributed by atoms with Gasteiger partial charge in [0.05, 0.1) is 21.1 Å². The van der Waals surface area contributed by atoms with Crippen LogP contribution in [0.1, 0.15) is 10.4 Å². The van der Waals surface area contributed by atoms with Crippen LogP contribution in [0.2, 0.25) is 0 Å². The lowest BCUT2D eigenvalue weighted by molar-refractivity contribution is -0.385. The minimum absolute atomic E-state index is 0.0868. The van der Waals surface area contributed by atoms with Gasteiger partial charge in [0, 0.05) is 26.2 Å². The Kier molecular flexibility index (Phi) is 6.31. The summed E-state index contributed by atoms with van der Waals surface area (Å²) in [6.07, 6.45) is 0. The summed E-state index contributed by atoms with van der Waals surface area (Å²) in [7, 11) is -1.21. The molecule has 148 valence electrons. The summed E-state index contributed by atoms with van der Waals surface area (Å²) in [5.74, 6) is -1.34. The minimum atomic E-state index is -4.21. The second-order valence-corrected chi connectivity index (χ2v) is 7.45. The predicted octanol–water partition coefficient (Wildman–Crippen LogP) is 1.64. The van der Waals surface area contributed by atoms with Gasteiger partial charge in [-0.25, -0.2) is 13.2 Å². The van der Waals surface area contributed by atoms with E-state index < -0.39 is 39.1 Å². The third kappa shape index (κ3) is 5.04. The van der Waals surface area contributed by atoms with E-state index in [1.807, 2.05) is 0 Å². The van der Waals surface area contributed by atoms with Crippen molar-refractivity contribution in [2.75, 3.05) is 25.4 Å². The lowest BCUT2D eigenvalue weighted by atomic mass is 10.2. The number of non-ortho nitro benzene ring substituents is 1. The van der Waals surface area contributed by atoms with Gasteiger partial charge in [-0.1, -0.05) is 18.2 Å². The zero-order valence-electron chi connectivity index (χ0n) is 15.0. The quantitative estimate of drug-likeness (QED) is 0.418. The van der Waals surface area contributed by atoms with E-state index >= 15 is 0 Å². The number of amides is 1. The number of benzene rings is 2. The first-order valence-electron chi connectivity index (χ1n) is 7.85. The highest BCUT2D eigenvalue weighted by Crippen LogP contribution is 2.23. The Morgan fingerprint density at radius 2 is 1.82 bits per heavy atom. The van der Waals surface area contributed by atoms with Crippen LogP contribution < -0.4 is 4.72 Å². The van der Waals surface area contributed by atoms with Crippen LogP contribution in [0.4, 0.5) is 11.4 Å². The molecule has 2 aromatic rings. The van der Waals surface area contributed by atoms with Gasteiger partial charge in [0.1, 0.15) is 0 Å². The fourth-order valence-corrected chi connectivity index (χ4v) is 3.17. The molecule has 0 atom stereocenters. The van der Waals surface area contributed by atoms with Crippen molar-refractivity contribution in [1.29, 1.82) is 0 Å². The van der Waals surface area contributed by atoms with Crippen LogP contribution in [-0.2, 0) is 19.6 Å². The van der Waals surface area contributed by atoms with Crippen molar-refractivity contribution < 1.29 is 27.7 Å². The molecule has 0 unspecified atom stereocenters. The number of anilines is 1. The van der Waals surface area contributed by atoms with Gasteiger partial charge >= 0.3 is 5.97 Å². The summed E-state index contributed by atoms with van der Waals surface area (Å²) in [5.41, 5.74) is -0.586. The highest BCUT2D eigenvalue weighted by Gasteiger charge is 2.21. The van der Waals surface area contributed by atoms with Crippen LogP contribution in [0.3, 0.4) is 0 Å². The highest BCUT2D eigenvalue weighted by molar-refractivity contribution is 7.92. The lowest BCUT2D eigenvalue weighted by Gasteiger charge is -2.13. The molecule has 0 saturated heterocycles. The average molecular weight is 407 g/mol. The molecule has 0 bridgehead atoms. The van der Waals surface area contributed by atoms with E-state index in [1.54, 1.807) is 0 Å². The predicted molar refractivity (Wildman–Crippen MR) is 99.3 cm³/mol. The van der Waals surface area contributed by atoms with E-state index in [4.69, 9.17) is 4.74 Å². The first-order chi connectivity index (χ1) is 13.1. The number of hydrogen-bond acceptors (Lipinski definition) is 7. The summed E-state index contributed by atoms with van der Waals surface area (Å²) < 4.78 is 32.2. The summed E-state index contributed by atoms with van der Waals surface area (Å²) in [6.45, 7) is -0.502. The molecule has 0 spiro atoms. The number of nitro groups is 1. The monoisotopic (exact) mass is 407 g/mol. The molecule has 10 nitrogen and oxygen atoms in total.